The van der Waals surface area contributed by atoms with E-state index in [9.17, 15) is 0 Å². The van der Waals surface area contributed by atoms with Crippen LogP contribution in [0.1, 0.15) is 37.9 Å². The number of nitrogen functional groups attached to an aromatic ring is 1. The molecule has 0 spiro atoms. The zero-order valence-electron chi connectivity index (χ0n) is 11.0. The highest BCUT2D eigenvalue weighted by molar-refractivity contribution is 6.01. The number of anilines is 1. The first kappa shape index (κ1) is 12.0. The third-order valence-electron chi connectivity index (χ3n) is 3.62. The maximum atomic E-state index is 7.72. The third-order valence-corrected chi connectivity index (χ3v) is 3.62. The lowest BCUT2D eigenvalue weighted by Gasteiger charge is -2.34. The lowest BCUT2D eigenvalue weighted by atomic mass is 10.0. The Morgan fingerprint density at radius 1 is 1.47 bits per heavy atom. The molecular formula is C12H21N5. The highest BCUT2D eigenvalue weighted by atomic mass is 15.4. The summed E-state index contributed by atoms with van der Waals surface area (Å²) in [6.45, 7) is 7.37. The van der Waals surface area contributed by atoms with E-state index < -0.39 is 0 Å². The van der Waals surface area contributed by atoms with Gasteiger partial charge in [-0.05, 0) is 33.6 Å². The Morgan fingerprint density at radius 3 is 2.59 bits per heavy atom. The normalized spacial score (nSPS) is 18.7. The summed E-state index contributed by atoms with van der Waals surface area (Å²) in [4.78, 5) is 2.32. The number of nitrogens with zero attached hydrogens (tertiary/aromatic N) is 3. The van der Waals surface area contributed by atoms with E-state index in [1.165, 1.54) is 6.42 Å². The number of hydrogen-bond acceptors (Lipinski definition) is 3. The van der Waals surface area contributed by atoms with Crippen molar-refractivity contribution in [2.24, 2.45) is 12.8 Å². The topological polar surface area (TPSA) is 70.9 Å². The fourth-order valence-corrected chi connectivity index (χ4v) is 2.77. The van der Waals surface area contributed by atoms with Gasteiger partial charge in [-0.3, -0.25) is 10.1 Å². The van der Waals surface area contributed by atoms with E-state index in [1.807, 2.05) is 18.7 Å². The zero-order valence-corrected chi connectivity index (χ0v) is 11.0. The molecular weight excluding hydrogens is 214 g/mol. The minimum atomic E-state index is 0.105. The molecule has 2 rings (SSSR count). The Hall–Kier alpha value is -1.52. The molecule has 0 bridgehead atoms. The molecule has 0 aromatic carbocycles. The Kier molecular flexibility index (Phi) is 2.64. The summed E-state index contributed by atoms with van der Waals surface area (Å²) in [5, 5.41) is 12.1. The fourth-order valence-electron chi connectivity index (χ4n) is 2.77. The number of aryl methyl sites for hydroxylation is 2. The van der Waals surface area contributed by atoms with E-state index in [4.69, 9.17) is 11.1 Å². The van der Waals surface area contributed by atoms with Crippen molar-refractivity contribution in [3.8, 4) is 0 Å². The molecule has 5 nitrogen and oxygen atoms in total. The first-order valence-corrected chi connectivity index (χ1v) is 6.00. The third kappa shape index (κ3) is 1.79. The van der Waals surface area contributed by atoms with Crippen molar-refractivity contribution in [3.05, 3.63) is 11.3 Å². The van der Waals surface area contributed by atoms with Crippen molar-refractivity contribution in [1.29, 1.82) is 5.41 Å². The molecule has 5 heteroatoms. The van der Waals surface area contributed by atoms with E-state index in [0.29, 0.717) is 0 Å². The second-order valence-corrected chi connectivity index (χ2v) is 5.39. The Balaban J connectivity index is 2.55. The van der Waals surface area contributed by atoms with Crippen LogP contribution in [0.25, 0.3) is 0 Å². The molecule has 1 saturated heterocycles. The van der Waals surface area contributed by atoms with E-state index >= 15 is 0 Å². The van der Waals surface area contributed by atoms with Gasteiger partial charge in [0.05, 0.1) is 11.3 Å². The van der Waals surface area contributed by atoms with Gasteiger partial charge >= 0.3 is 0 Å². The summed E-state index contributed by atoms with van der Waals surface area (Å²) in [5.74, 6) is 1.09. The van der Waals surface area contributed by atoms with Crippen LogP contribution >= 0.6 is 0 Å². The zero-order chi connectivity index (χ0) is 12.8. The van der Waals surface area contributed by atoms with Crippen LogP contribution in [0.5, 0.6) is 0 Å². The average Bonchev–Trinajstić information content (AvgIpc) is 2.65. The highest BCUT2D eigenvalue weighted by Gasteiger charge is 2.36. The number of nitrogens with one attached hydrogen (secondary N) is 1. The molecule has 1 aliphatic heterocycles. The van der Waals surface area contributed by atoms with E-state index in [1.54, 1.807) is 0 Å². The van der Waals surface area contributed by atoms with Gasteiger partial charge in [-0.25, -0.2) is 0 Å². The van der Waals surface area contributed by atoms with Crippen molar-refractivity contribution < 1.29 is 0 Å². The van der Waals surface area contributed by atoms with Gasteiger partial charge in [0.2, 0.25) is 0 Å². The Morgan fingerprint density at radius 2 is 2.12 bits per heavy atom. The molecule has 0 unspecified atom stereocenters. The minimum absolute atomic E-state index is 0.105. The smallest absolute Gasteiger partial charge is 0.138 e. The summed E-state index contributed by atoms with van der Waals surface area (Å²) in [6.07, 6.45) is 2.34. The predicted molar refractivity (Wildman–Crippen MR) is 69.6 cm³/mol. The first-order valence-electron chi connectivity index (χ1n) is 6.00. The van der Waals surface area contributed by atoms with Gasteiger partial charge in [-0.1, -0.05) is 0 Å². The fraction of sp³-hybridized carbons (Fsp3) is 0.667. The molecule has 94 valence electrons. The largest absolute Gasteiger partial charge is 0.384 e. The van der Waals surface area contributed by atoms with Crippen LogP contribution in [0, 0.1) is 12.3 Å². The molecule has 0 aliphatic carbocycles. The summed E-state index contributed by atoms with van der Waals surface area (Å²) in [6, 6.07) is 0. The number of aromatic nitrogens is 2. The van der Waals surface area contributed by atoms with E-state index in [2.05, 4.69) is 23.8 Å². The maximum Gasteiger partial charge on any atom is 0.138 e. The quantitative estimate of drug-likeness (QED) is 0.601. The van der Waals surface area contributed by atoms with Gasteiger partial charge in [-0.15, -0.1) is 0 Å². The lowest BCUT2D eigenvalue weighted by Crippen LogP contribution is -2.40. The van der Waals surface area contributed by atoms with Crippen molar-refractivity contribution in [2.45, 2.75) is 39.2 Å². The predicted octanol–water partition coefficient (Wildman–Crippen LogP) is 1.39. The lowest BCUT2D eigenvalue weighted by molar-refractivity contribution is 0.506. The number of rotatable bonds is 2. The van der Waals surface area contributed by atoms with E-state index in [-0.39, 0.29) is 11.4 Å². The summed E-state index contributed by atoms with van der Waals surface area (Å²) < 4.78 is 1.85. The van der Waals surface area contributed by atoms with E-state index in [0.717, 1.165) is 30.0 Å². The van der Waals surface area contributed by atoms with Gasteiger partial charge in [0.15, 0.2) is 0 Å². The van der Waals surface area contributed by atoms with Crippen LogP contribution in [-0.2, 0) is 7.05 Å². The molecule has 0 saturated carbocycles. The van der Waals surface area contributed by atoms with Crippen LogP contribution in [0.4, 0.5) is 5.82 Å². The van der Waals surface area contributed by atoms with Gasteiger partial charge in [0, 0.05) is 19.1 Å². The molecule has 1 aromatic heterocycles. The maximum absolute atomic E-state index is 7.72. The van der Waals surface area contributed by atoms with Crippen LogP contribution < -0.4 is 10.6 Å². The number of amidine groups is 1. The summed E-state index contributed by atoms with van der Waals surface area (Å²) >= 11 is 0. The van der Waals surface area contributed by atoms with Crippen molar-refractivity contribution >= 4 is 11.7 Å². The Labute approximate surface area is 102 Å². The van der Waals surface area contributed by atoms with Gasteiger partial charge in [-0.2, -0.15) is 5.10 Å². The Bertz CT molecular complexity index is 458. The summed E-state index contributed by atoms with van der Waals surface area (Å²) in [7, 11) is 1.92. The summed E-state index contributed by atoms with van der Waals surface area (Å²) in [5.41, 5.74) is 7.41. The molecule has 0 amide bonds. The second-order valence-electron chi connectivity index (χ2n) is 5.39. The average molecular weight is 235 g/mol. The van der Waals surface area contributed by atoms with Gasteiger partial charge in [0.25, 0.3) is 0 Å². The van der Waals surface area contributed by atoms with Crippen LogP contribution in [0.3, 0.4) is 0 Å². The molecule has 2 heterocycles. The molecule has 1 fully saturated rings. The molecule has 1 aliphatic rings. The molecule has 1 aromatic rings. The molecule has 17 heavy (non-hydrogen) atoms. The molecule has 3 N–H and O–H groups in total. The number of hydrogen-bond donors (Lipinski definition) is 2. The van der Waals surface area contributed by atoms with Crippen molar-refractivity contribution in [1.82, 2.24) is 9.78 Å². The van der Waals surface area contributed by atoms with Crippen molar-refractivity contribution in [2.75, 3.05) is 11.4 Å². The highest BCUT2D eigenvalue weighted by Crippen LogP contribution is 2.35. The van der Waals surface area contributed by atoms with Crippen LogP contribution in [-0.4, -0.2) is 27.7 Å². The monoisotopic (exact) mass is 235 g/mol. The van der Waals surface area contributed by atoms with Crippen LogP contribution in [0.2, 0.25) is 0 Å². The molecule has 0 radical (unpaired) electrons. The standard InChI is InChI=1S/C12H21N5/c1-8-9(10(13)14)11(16(4)15-8)17-7-5-6-12(17,2)3/h5-7H2,1-4H3,(H3,13,14). The number of nitrogens with two attached hydrogens (primary N) is 1. The minimum Gasteiger partial charge on any atom is -0.384 e. The van der Waals surface area contributed by atoms with Crippen molar-refractivity contribution in [3.63, 3.8) is 0 Å². The second kappa shape index (κ2) is 3.75. The van der Waals surface area contributed by atoms with Crippen LogP contribution in [0.15, 0.2) is 0 Å². The molecule has 0 atom stereocenters. The van der Waals surface area contributed by atoms with Gasteiger partial charge < -0.3 is 10.6 Å². The van der Waals surface area contributed by atoms with Gasteiger partial charge in [0.1, 0.15) is 11.7 Å². The first-order chi connectivity index (χ1) is 7.84. The SMILES string of the molecule is Cc1nn(C)c(N2CCCC2(C)C)c1C(=N)N.